The summed E-state index contributed by atoms with van der Waals surface area (Å²) in [7, 11) is 0. The fourth-order valence-electron chi connectivity index (χ4n) is 2.01. The minimum Gasteiger partial charge on any atom is -0.469 e. The first-order valence-corrected chi connectivity index (χ1v) is 6.52. The van der Waals surface area contributed by atoms with Gasteiger partial charge in [-0.3, -0.25) is 0 Å². The number of hydrogen-bond donors (Lipinski definition) is 2. The van der Waals surface area contributed by atoms with Gasteiger partial charge < -0.3 is 14.8 Å². The standard InChI is InChI=1S/C14H25NO2/c1-11(2)14(8-9-16)15-12(3)6-7-13-5-4-10-17-13/h4-5,10-12,14-16H,6-9H2,1-3H3. The van der Waals surface area contributed by atoms with E-state index in [2.05, 4.69) is 26.1 Å². The molecule has 0 radical (unpaired) electrons. The molecule has 98 valence electrons. The van der Waals surface area contributed by atoms with Gasteiger partial charge in [-0.15, -0.1) is 0 Å². The van der Waals surface area contributed by atoms with Crippen LogP contribution in [0, 0.1) is 5.92 Å². The van der Waals surface area contributed by atoms with Crippen LogP contribution in [-0.2, 0) is 6.42 Å². The maximum Gasteiger partial charge on any atom is 0.103 e. The molecule has 1 heterocycles. The van der Waals surface area contributed by atoms with E-state index in [1.807, 2.05) is 12.1 Å². The fraction of sp³-hybridized carbons (Fsp3) is 0.714. The van der Waals surface area contributed by atoms with Crippen LogP contribution in [0.4, 0.5) is 0 Å². The maximum atomic E-state index is 9.02. The smallest absolute Gasteiger partial charge is 0.103 e. The molecule has 1 rings (SSSR count). The minimum absolute atomic E-state index is 0.251. The highest BCUT2D eigenvalue weighted by Gasteiger charge is 2.15. The summed E-state index contributed by atoms with van der Waals surface area (Å²) in [5.41, 5.74) is 0. The summed E-state index contributed by atoms with van der Waals surface area (Å²) in [5, 5.41) is 12.6. The molecule has 0 saturated carbocycles. The summed E-state index contributed by atoms with van der Waals surface area (Å²) in [4.78, 5) is 0. The molecule has 1 aromatic heterocycles. The van der Waals surface area contributed by atoms with Crippen LogP contribution in [0.25, 0.3) is 0 Å². The van der Waals surface area contributed by atoms with Crippen molar-refractivity contribution in [2.75, 3.05) is 6.61 Å². The zero-order valence-electron chi connectivity index (χ0n) is 11.1. The Morgan fingerprint density at radius 2 is 2.06 bits per heavy atom. The monoisotopic (exact) mass is 239 g/mol. The van der Waals surface area contributed by atoms with E-state index in [4.69, 9.17) is 9.52 Å². The molecule has 0 saturated heterocycles. The van der Waals surface area contributed by atoms with E-state index in [0.29, 0.717) is 18.0 Å². The Balaban J connectivity index is 2.29. The average molecular weight is 239 g/mol. The first kappa shape index (κ1) is 14.3. The van der Waals surface area contributed by atoms with E-state index in [-0.39, 0.29) is 6.61 Å². The zero-order valence-corrected chi connectivity index (χ0v) is 11.1. The highest BCUT2D eigenvalue weighted by molar-refractivity contribution is 4.98. The predicted molar refractivity (Wildman–Crippen MR) is 70.0 cm³/mol. The number of rotatable bonds is 8. The molecule has 1 aromatic rings. The van der Waals surface area contributed by atoms with Gasteiger partial charge in [0.1, 0.15) is 5.76 Å². The lowest BCUT2D eigenvalue weighted by Crippen LogP contribution is -2.40. The van der Waals surface area contributed by atoms with E-state index in [9.17, 15) is 0 Å². The van der Waals surface area contributed by atoms with E-state index < -0.39 is 0 Å². The van der Waals surface area contributed by atoms with Gasteiger partial charge in [0.2, 0.25) is 0 Å². The molecule has 3 nitrogen and oxygen atoms in total. The van der Waals surface area contributed by atoms with Crippen molar-refractivity contribution in [1.29, 1.82) is 0 Å². The number of furan rings is 1. The van der Waals surface area contributed by atoms with Crippen molar-refractivity contribution in [3.63, 3.8) is 0 Å². The van der Waals surface area contributed by atoms with Gasteiger partial charge in [-0.05, 0) is 37.8 Å². The molecule has 0 bridgehead atoms. The first-order valence-electron chi connectivity index (χ1n) is 6.52. The Kier molecular flexibility index (Phi) is 6.30. The molecule has 0 aromatic carbocycles. The van der Waals surface area contributed by atoms with E-state index >= 15 is 0 Å². The number of nitrogens with one attached hydrogen (secondary N) is 1. The van der Waals surface area contributed by atoms with E-state index in [1.165, 1.54) is 0 Å². The van der Waals surface area contributed by atoms with Crippen LogP contribution in [0.1, 0.15) is 39.4 Å². The van der Waals surface area contributed by atoms with Crippen LogP contribution < -0.4 is 5.32 Å². The average Bonchev–Trinajstić information content (AvgIpc) is 2.78. The van der Waals surface area contributed by atoms with Crippen LogP contribution in [0.15, 0.2) is 22.8 Å². The molecule has 0 aliphatic heterocycles. The summed E-state index contributed by atoms with van der Waals surface area (Å²) in [5.74, 6) is 1.59. The van der Waals surface area contributed by atoms with Crippen LogP contribution in [0.3, 0.4) is 0 Å². The molecule has 0 aliphatic carbocycles. The number of hydrogen-bond acceptors (Lipinski definition) is 3. The van der Waals surface area contributed by atoms with Gasteiger partial charge >= 0.3 is 0 Å². The van der Waals surface area contributed by atoms with Crippen molar-refractivity contribution < 1.29 is 9.52 Å². The largest absolute Gasteiger partial charge is 0.469 e. The molecule has 0 spiro atoms. The second-order valence-corrected chi connectivity index (χ2v) is 5.05. The van der Waals surface area contributed by atoms with E-state index in [1.54, 1.807) is 6.26 Å². The highest BCUT2D eigenvalue weighted by Crippen LogP contribution is 2.10. The van der Waals surface area contributed by atoms with Gasteiger partial charge in [0.25, 0.3) is 0 Å². The zero-order chi connectivity index (χ0) is 12.7. The normalized spacial score (nSPS) is 15.1. The molecule has 0 aliphatic rings. The Hall–Kier alpha value is -0.800. The van der Waals surface area contributed by atoms with Gasteiger partial charge in [0.05, 0.1) is 6.26 Å². The molecule has 2 unspecified atom stereocenters. The molecular formula is C14H25NO2. The van der Waals surface area contributed by atoms with Crippen molar-refractivity contribution in [2.24, 2.45) is 5.92 Å². The summed E-state index contributed by atoms with van der Waals surface area (Å²) in [6, 6.07) is 4.78. The molecular weight excluding hydrogens is 214 g/mol. The fourth-order valence-corrected chi connectivity index (χ4v) is 2.01. The summed E-state index contributed by atoms with van der Waals surface area (Å²) >= 11 is 0. The van der Waals surface area contributed by atoms with E-state index in [0.717, 1.165) is 25.0 Å². The number of aliphatic hydroxyl groups excluding tert-OH is 1. The van der Waals surface area contributed by atoms with Crippen LogP contribution in [0.2, 0.25) is 0 Å². The molecule has 17 heavy (non-hydrogen) atoms. The van der Waals surface area contributed by atoms with Gasteiger partial charge in [-0.1, -0.05) is 13.8 Å². The van der Waals surface area contributed by atoms with Crippen molar-refractivity contribution in [3.05, 3.63) is 24.2 Å². The lowest BCUT2D eigenvalue weighted by atomic mass is 9.99. The van der Waals surface area contributed by atoms with Crippen molar-refractivity contribution in [1.82, 2.24) is 5.32 Å². The summed E-state index contributed by atoms with van der Waals surface area (Å²) in [6.45, 7) is 6.82. The maximum absolute atomic E-state index is 9.02. The quantitative estimate of drug-likeness (QED) is 0.733. The lowest BCUT2D eigenvalue weighted by Gasteiger charge is -2.25. The number of aliphatic hydroxyl groups is 1. The topological polar surface area (TPSA) is 45.4 Å². The highest BCUT2D eigenvalue weighted by atomic mass is 16.3. The third-order valence-corrected chi connectivity index (χ3v) is 3.15. The first-order chi connectivity index (χ1) is 8.13. The van der Waals surface area contributed by atoms with Crippen molar-refractivity contribution >= 4 is 0 Å². The third kappa shape index (κ3) is 5.37. The van der Waals surface area contributed by atoms with Crippen LogP contribution in [0.5, 0.6) is 0 Å². The summed E-state index contributed by atoms with van der Waals surface area (Å²) in [6.07, 6.45) is 4.56. The second-order valence-electron chi connectivity index (χ2n) is 5.05. The van der Waals surface area contributed by atoms with Crippen molar-refractivity contribution in [3.8, 4) is 0 Å². The molecule has 0 amide bonds. The Labute approximate surface area is 104 Å². The lowest BCUT2D eigenvalue weighted by molar-refractivity contribution is 0.234. The molecule has 3 heteroatoms. The molecule has 2 N–H and O–H groups in total. The van der Waals surface area contributed by atoms with Gasteiger partial charge in [-0.2, -0.15) is 0 Å². The van der Waals surface area contributed by atoms with Crippen molar-refractivity contribution in [2.45, 2.75) is 52.1 Å². The second kappa shape index (κ2) is 7.51. The Morgan fingerprint density at radius 3 is 2.59 bits per heavy atom. The predicted octanol–water partition coefficient (Wildman–Crippen LogP) is 2.60. The molecule has 0 fully saturated rings. The number of aryl methyl sites for hydroxylation is 1. The molecule has 2 atom stereocenters. The summed E-state index contributed by atoms with van der Waals surface area (Å²) < 4.78 is 5.32. The van der Waals surface area contributed by atoms with Crippen LogP contribution in [-0.4, -0.2) is 23.8 Å². The Morgan fingerprint density at radius 1 is 1.29 bits per heavy atom. The van der Waals surface area contributed by atoms with Crippen LogP contribution >= 0.6 is 0 Å². The van der Waals surface area contributed by atoms with Gasteiger partial charge in [-0.25, -0.2) is 0 Å². The Bertz CT molecular complexity index is 282. The SMILES string of the molecule is CC(CCc1ccco1)NC(CCO)C(C)C. The minimum atomic E-state index is 0.251. The van der Waals surface area contributed by atoms with Gasteiger partial charge in [0.15, 0.2) is 0 Å². The third-order valence-electron chi connectivity index (χ3n) is 3.15. The van der Waals surface area contributed by atoms with Gasteiger partial charge in [0, 0.05) is 25.1 Å².